The number of nitriles is 1. The zero-order valence-electron chi connectivity index (χ0n) is 11.5. The van der Waals surface area contributed by atoms with Gasteiger partial charge < -0.3 is 9.84 Å². The number of ether oxygens (including phenoxy) is 1. The van der Waals surface area contributed by atoms with E-state index < -0.39 is 11.2 Å². The molecule has 0 bridgehead atoms. The molecule has 0 spiro atoms. The molecular formula is C14H24N2O2. The van der Waals surface area contributed by atoms with E-state index in [0.717, 1.165) is 45.2 Å². The Hall–Kier alpha value is -0.630. The van der Waals surface area contributed by atoms with Crippen LogP contribution in [0.4, 0.5) is 0 Å². The Morgan fingerprint density at radius 3 is 2.50 bits per heavy atom. The van der Waals surface area contributed by atoms with Gasteiger partial charge in [0.05, 0.1) is 11.7 Å². The van der Waals surface area contributed by atoms with E-state index in [1.165, 1.54) is 0 Å². The first-order chi connectivity index (χ1) is 8.53. The normalized spacial score (nSPS) is 36.4. The molecule has 1 saturated heterocycles. The lowest BCUT2D eigenvalue weighted by Gasteiger charge is -2.43. The van der Waals surface area contributed by atoms with Gasteiger partial charge in [-0.3, -0.25) is 4.90 Å². The summed E-state index contributed by atoms with van der Waals surface area (Å²) in [4.78, 5) is 2.35. The van der Waals surface area contributed by atoms with Crippen molar-refractivity contribution in [3.63, 3.8) is 0 Å². The molecule has 18 heavy (non-hydrogen) atoms. The maximum Gasteiger partial charge on any atom is 0.156 e. The molecule has 2 unspecified atom stereocenters. The second kappa shape index (κ2) is 5.16. The topological polar surface area (TPSA) is 56.5 Å². The number of hydrogen-bond donors (Lipinski definition) is 1. The van der Waals surface area contributed by atoms with E-state index in [0.29, 0.717) is 6.61 Å². The quantitative estimate of drug-likeness (QED) is 0.830. The van der Waals surface area contributed by atoms with Crippen LogP contribution in [0, 0.1) is 11.3 Å². The minimum atomic E-state index is -0.588. The molecule has 0 aromatic heterocycles. The molecule has 1 aliphatic carbocycles. The maximum absolute atomic E-state index is 10.4. The molecule has 2 fully saturated rings. The lowest BCUT2D eigenvalue weighted by molar-refractivity contribution is -0.0722. The third-order valence-electron chi connectivity index (χ3n) is 4.55. The van der Waals surface area contributed by atoms with Crippen molar-refractivity contribution in [3.8, 4) is 6.07 Å². The van der Waals surface area contributed by atoms with Gasteiger partial charge in [0.1, 0.15) is 0 Å². The summed E-state index contributed by atoms with van der Waals surface area (Å²) in [5.41, 5.74) is -1.14. The Bertz CT molecular complexity index is 327. The van der Waals surface area contributed by atoms with Crippen molar-refractivity contribution in [2.75, 3.05) is 19.7 Å². The lowest BCUT2D eigenvalue weighted by atomic mass is 9.89. The Morgan fingerprint density at radius 2 is 2.06 bits per heavy atom. The molecule has 1 N–H and O–H groups in total. The molecule has 1 saturated carbocycles. The molecule has 4 nitrogen and oxygen atoms in total. The summed E-state index contributed by atoms with van der Waals surface area (Å²) in [5.74, 6) is 0. The van der Waals surface area contributed by atoms with Crippen LogP contribution in [0.25, 0.3) is 0 Å². The molecule has 102 valence electrons. The van der Waals surface area contributed by atoms with E-state index in [-0.39, 0.29) is 6.04 Å². The standard InChI is InChI=1S/C14H24N2O2/c1-3-18-14(11-15)7-9-16(10-8-14)12-5-4-6-13(12,2)17/h12,17H,3-10H2,1-2H3. The van der Waals surface area contributed by atoms with Crippen molar-refractivity contribution in [3.05, 3.63) is 0 Å². The van der Waals surface area contributed by atoms with Gasteiger partial charge in [-0.05, 0) is 33.1 Å². The Kier molecular flexibility index (Phi) is 3.96. The Balaban J connectivity index is 1.96. The van der Waals surface area contributed by atoms with Gasteiger partial charge in [0.25, 0.3) is 0 Å². The van der Waals surface area contributed by atoms with Gasteiger partial charge in [0, 0.05) is 38.6 Å². The molecule has 0 radical (unpaired) electrons. The smallest absolute Gasteiger partial charge is 0.156 e. The monoisotopic (exact) mass is 252 g/mol. The van der Waals surface area contributed by atoms with Crippen molar-refractivity contribution in [1.82, 2.24) is 4.90 Å². The second-order valence-corrected chi connectivity index (χ2v) is 5.84. The van der Waals surface area contributed by atoms with Gasteiger partial charge in [0.2, 0.25) is 0 Å². The average Bonchev–Trinajstić information content (AvgIpc) is 2.70. The SMILES string of the molecule is CCOC1(C#N)CCN(C2CCCC2(C)O)CC1. The Labute approximate surface area is 110 Å². The van der Waals surface area contributed by atoms with Gasteiger partial charge in [-0.15, -0.1) is 0 Å². The van der Waals surface area contributed by atoms with Gasteiger partial charge in [-0.1, -0.05) is 0 Å². The fourth-order valence-electron chi connectivity index (χ4n) is 3.47. The molecule has 2 rings (SSSR count). The number of aliphatic hydroxyl groups is 1. The number of piperidine rings is 1. The highest BCUT2D eigenvalue weighted by molar-refractivity contribution is 5.07. The zero-order chi connectivity index (χ0) is 13.2. The number of hydrogen-bond acceptors (Lipinski definition) is 4. The van der Waals surface area contributed by atoms with Crippen molar-refractivity contribution < 1.29 is 9.84 Å². The molecule has 2 aliphatic rings. The summed E-state index contributed by atoms with van der Waals surface area (Å²) >= 11 is 0. The molecule has 1 aliphatic heterocycles. The van der Waals surface area contributed by atoms with Crippen LogP contribution < -0.4 is 0 Å². The summed E-state index contributed by atoms with van der Waals surface area (Å²) < 4.78 is 5.63. The van der Waals surface area contributed by atoms with Gasteiger partial charge in [-0.2, -0.15) is 5.26 Å². The van der Waals surface area contributed by atoms with E-state index in [9.17, 15) is 10.4 Å². The van der Waals surface area contributed by atoms with Crippen LogP contribution >= 0.6 is 0 Å². The second-order valence-electron chi connectivity index (χ2n) is 5.84. The lowest BCUT2D eigenvalue weighted by Crippen LogP contribution is -2.54. The highest BCUT2D eigenvalue weighted by Gasteiger charge is 2.44. The third-order valence-corrected chi connectivity index (χ3v) is 4.55. The van der Waals surface area contributed by atoms with E-state index in [1.54, 1.807) is 0 Å². The molecular weight excluding hydrogens is 228 g/mol. The fourth-order valence-corrected chi connectivity index (χ4v) is 3.47. The first kappa shape index (κ1) is 13.8. The van der Waals surface area contributed by atoms with Gasteiger partial charge in [-0.25, -0.2) is 0 Å². The summed E-state index contributed by atoms with van der Waals surface area (Å²) in [6.45, 7) is 6.18. The van der Waals surface area contributed by atoms with Crippen molar-refractivity contribution in [2.24, 2.45) is 0 Å². The van der Waals surface area contributed by atoms with E-state index >= 15 is 0 Å². The van der Waals surface area contributed by atoms with Gasteiger partial charge >= 0.3 is 0 Å². The van der Waals surface area contributed by atoms with Crippen LogP contribution in [0.15, 0.2) is 0 Å². The minimum Gasteiger partial charge on any atom is -0.389 e. The highest BCUT2D eigenvalue weighted by atomic mass is 16.5. The van der Waals surface area contributed by atoms with E-state index in [4.69, 9.17) is 4.74 Å². The van der Waals surface area contributed by atoms with Crippen LogP contribution in [0.5, 0.6) is 0 Å². The average molecular weight is 252 g/mol. The molecule has 0 aromatic carbocycles. The summed E-state index contributed by atoms with van der Waals surface area (Å²) in [6.07, 6.45) is 4.57. The van der Waals surface area contributed by atoms with Crippen molar-refractivity contribution in [2.45, 2.75) is 63.2 Å². The van der Waals surface area contributed by atoms with Crippen LogP contribution in [-0.4, -0.2) is 46.9 Å². The van der Waals surface area contributed by atoms with E-state index in [1.807, 2.05) is 13.8 Å². The van der Waals surface area contributed by atoms with Crippen LogP contribution in [-0.2, 0) is 4.74 Å². The molecule has 0 aromatic rings. The number of nitrogens with zero attached hydrogens (tertiary/aromatic N) is 2. The van der Waals surface area contributed by atoms with E-state index in [2.05, 4.69) is 11.0 Å². The predicted octanol–water partition coefficient (Wildman–Crippen LogP) is 1.68. The summed E-state index contributed by atoms with van der Waals surface area (Å²) in [7, 11) is 0. The first-order valence-electron chi connectivity index (χ1n) is 7.05. The van der Waals surface area contributed by atoms with Crippen molar-refractivity contribution >= 4 is 0 Å². The minimum absolute atomic E-state index is 0.260. The fraction of sp³-hybridized carbons (Fsp3) is 0.929. The van der Waals surface area contributed by atoms with Gasteiger partial charge in [0.15, 0.2) is 5.60 Å². The first-order valence-corrected chi connectivity index (χ1v) is 7.05. The summed E-state index contributed by atoms with van der Waals surface area (Å²) in [6, 6.07) is 2.60. The van der Waals surface area contributed by atoms with Crippen molar-refractivity contribution in [1.29, 1.82) is 5.26 Å². The third kappa shape index (κ3) is 2.54. The Morgan fingerprint density at radius 1 is 1.39 bits per heavy atom. The predicted molar refractivity (Wildman–Crippen MR) is 69.0 cm³/mol. The molecule has 4 heteroatoms. The molecule has 1 heterocycles. The summed E-state index contributed by atoms with van der Waals surface area (Å²) in [5, 5.41) is 19.6. The van der Waals surface area contributed by atoms with Crippen LogP contribution in [0.3, 0.4) is 0 Å². The number of likely N-dealkylation sites (tertiary alicyclic amines) is 1. The number of rotatable bonds is 3. The van der Waals surface area contributed by atoms with Crippen LogP contribution in [0.1, 0.15) is 46.0 Å². The molecule has 0 amide bonds. The molecule has 2 atom stereocenters. The van der Waals surface area contributed by atoms with Crippen LogP contribution in [0.2, 0.25) is 0 Å². The maximum atomic E-state index is 10.4. The highest BCUT2D eigenvalue weighted by Crippen LogP contribution is 2.36. The largest absolute Gasteiger partial charge is 0.389 e. The zero-order valence-corrected chi connectivity index (χ0v) is 11.5.